The Morgan fingerprint density at radius 2 is 2.00 bits per heavy atom. The van der Waals surface area contributed by atoms with Crippen LogP contribution in [0.1, 0.15) is 47.0 Å². The highest BCUT2D eigenvalue weighted by Gasteiger charge is 2.40. The monoisotopic (exact) mass is 200 g/mol. The Bertz CT molecular complexity index is 191. The van der Waals surface area contributed by atoms with Crippen LogP contribution in [0.15, 0.2) is 0 Å². The minimum atomic E-state index is 0.0111. The molecule has 2 heteroatoms. The van der Waals surface area contributed by atoms with E-state index in [2.05, 4.69) is 27.7 Å². The molecule has 1 fully saturated rings. The lowest BCUT2D eigenvalue weighted by Gasteiger charge is -2.44. The summed E-state index contributed by atoms with van der Waals surface area (Å²) in [5, 5.41) is 0. The van der Waals surface area contributed by atoms with E-state index in [4.69, 9.17) is 9.47 Å². The molecule has 0 radical (unpaired) electrons. The van der Waals surface area contributed by atoms with Gasteiger partial charge in [-0.25, -0.2) is 0 Å². The molecule has 0 N–H and O–H groups in total. The summed E-state index contributed by atoms with van der Waals surface area (Å²) in [4.78, 5) is 0. The van der Waals surface area contributed by atoms with Gasteiger partial charge in [-0.2, -0.15) is 0 Å². The minimum absolute atomic E-state index is 0.0111. The summed E-state index contributed by atoms with van der Waals surface area (Å²) in [6.45, 7) is 9.71. The van der Waals surface area contributed by atoms with Gasteiger partial charge in [-0.05, 0) is 32.6 Å². The average Bonchev–Trinajstić information content (AvgIpc) is 2.01. The summed E-state index contributed by atoms with van der Waals surface area (Å²) < 4.78 is 11.5. The second-order valence-electron chi connectivity index (χ2n) is 5.48. The first kappa shape index (κ1) is 12.0. The molecule has 0 saturated carbocycles. The van der Waals surface area contributed by atoms with Crippen LogP contribution in [0.5, 0.6) is 0 Å². The summed E-state index contributed by atoms with van der Waals surface area (Å²) in [5.74, 6) is 0.680. The van der Waals surface area contributed by atoms with Crippen molar-refractivity contribution in [2.45, 2.75) is 58.2 Å². The van der Waals surface area contributed by atoms with Crippen LogP contribution in [0, 0.1) is 5.92 Å². The highest BCUT2D eigenvalue weighted by molar-refractivity contribution is 4.91. The second kappa shape index (κ2) is 4.19. The van der Waals surface area contributed by atoms with Crippen molar-refractivity contribution >= 4 is 0 Å². The number of methoxy groups -OCH3 is 1. The first-order valence-electron chi connectivity index (χ1n) is 5.58. The standard InChI is InChI=1S/C12H24O2/c1-10(2)8-12(4)9-11(3,13-5)6-7-14-12/h10H,6-9H2,1-5H3. The van der Waals surface area contributed by atoms with Crippen molar-refractivity contribution in [1.82, 2.24) is 0 Å². The molecule has 1 saturated heterocycles. The maximum absolute atomic E-state index is 5.89. The fourth-order valence-electron chi connectivity index (χ4n) is 2.61. The number of hydrogen-bond donors (Lipinski definition) is 0. The zero-order chi connectivity index (χ0) is 10.8. The Labute approximate surface area is 88.0 Å². The minimum Gasteiger partial charge on any atom is -0.378 e. The molecule has 84 valence electrons. The Morgan fingerprint density at radius 1 is 1.36 bits per heavy atom. The van der Waals surface area contributed by atoms with Crippen LogP contribution < -0.4 is 0 Å². The van der Waals surface area contributed by atoms with Gasteiger partial charge in [-0.3, -0.25) is 0 Å². The van der Waals surface area contributed by atoms with Crippen LogP contribution in [-0.4, -0.2) is 24.9 Å². The van der Waals surface area contributed by atoms with Crippen molar-refractivity contribution in [3.05, 3.63) is 0 Å². The van der Waals surface area contributed by atoms with Gasteiger partial charge in [0.25, 0.3) is 0 Å². The van der Waals surface area contributed by atoms with E-state index in [0.717, 1.165) is 25.9 Å². The summed E-state index contributed by atoms with van der Waals surface area (Å²) in [5.41, 5.74) is 0.0269. The highest BCUT2D eigenvalue weighted by Crippen LogP contribution is 2.37. The van der Waals surface area contributed by atoms with Crippen LogP contribution >= 0.6 is 0 Å². The third kappa shape index (κ3) is 2.96. The molecule has 2 atom stereocenters. The van der Waals surface area contributed by atoms with Crippen LogP contribution in [0.25, 0.3) is 0 Å². The van der Waals surface area contributed by atoms with Crippen molar-refractivity contribution in [2.24, 2.45) is 5.92 Å². The van der Waals surface area contributed by atoms with E-state index >= 15 is 0 Å². The molecule has 0 aromatic heterocycles. The Balaban J connectivity index is 2.62. The normalized spacial score (nSPS) is 39.0. The molecule has 0 spiro atoms. The lowest BCUT2D eigenvalue weighted by Crippen LogP contribution is -2.47. The smallest absolute Gasteiger partial charge is 0.0700 e. The van der Waals surface area contributed by atoms with E-state index in [-0.39, 0.29) is 11.2 Å². The largest absolute Gasteiger partial charge is 0.378 e. The molecule has 14 heavy (non-hydrogen) atoms. The number of ether oxygens (including phenoxy) is 2. The van der Waals surface area contributed by atoms with E-state index in [9.17, 15) is 0 Å². The first-order chi connectivity index (χ1) is 6.39. The van der Waals surface area contributed by atoms with Crippen molar-refractivity contribution in [3.8, 4) is 0 Å². The highest BCUT2D eigenvalue weighted by atomic mass is 16.5. The fourth-order valence-corrected chi connectivity index (χ4v) is 2.61. The van der Waals surface area contributed by atoms with Crippen LogP contribution in [-0.2, 0) is 9.47 Å². The van der Waals surface area contributed by atoms with Gasteiger partial charge in [-0.15, -0.1) is 0 Å². The molecule has 0 aliphatic carbocycles. The van der Waals surface area contributed by atoms with E-state index in [1.807, 2.05) is 0 Å². The quantitative estimate of drug-likeness (QED) is 0.697. The SMILES string of the molecule is COC1(C)CCOC(C)(CC(C)C)C1. The summed E-state index contributed by atoms with van der Waals surface area (Å²) in [6.07, 6.45) is 3.14. The maximum atomic E-state index is 5.89. The predicted molar refractivity (Wildman–Crippen MR) is 58.5 cm³/mol. The first-order valence-corrected chi connectivity index (χ1v) is 5.58. The molecular formula is C12H24O2. The number of rotatable bonds is 3. The summed E-state index contributed by atoms with van der Waals surface area (Å²) in [7, 11) is 1.81. The molecule has 1 aliphatic heterocycles. The lowest BCUT2D eigenvalue weighted by molar-refractivity contribution is -0.163. The van der Waals surface area contributed by atoms with E-state index in [1.54, 1.807) is 7.11 Å². The van der Waals surface area contributed by atoms with Crippen LogP contribution in [0.2, 0.25) is 0 Å². The third-order valence-corrected chi connectivity index (χ3v) is 3.16. The molecule has 0 aromatic rings. The zero-order valence-electron chi connectivity index (χ0n) is 10.2. The molecule has 1 aliphatic rings. The maximum Gasteiger partial charge on any atom is 0.0700 e. The predicted octanol–water partition coefficient (Wildman–Crippen LogP) is 3.01. The molecule has 0 aromatic carbocycles. The van der Waals surface area contributed by atoms with Gasteiger partial charge in [0.05, 0.1) is 17.8 Å². The Kier molecular flexibility index (Phi) is 3.59. The van der Waals surface area contributed by atoms with Gasteiger partial charge in [0, 0.05) is 13.5 Å². The van der Waals surface area contributed by atoms with Gasteiger partial charge >= 0.3 is 0 Å². The van der Waals surface area contributed by atoms with Crippen LogP contribution in [0.4, 0.5) is 0 Å². The van der Waals surface area contributed by atoms with Crippen LogP contribution in [0.3, 0.4) is 0 Å². The molecule has 1 heterocycles. The third-order valence-electron chi connectivity index (χ3n) is 3.16. The van der Waals surface area contributed by atoms with Gasteiger partial charge in [-0.1, -0.05) is 13.8 Å². The van der Waals surface area contributed by atoms with Gasteiger partial charge in [0.1, 0.15) is 0 Å². The van der Waals surface area contributed by atoms with E-state index in [1.165, 1.54) is 0 Å². The molecule has 2 nitrogen and oxygen atoms in total. The summed E-state index contributed by atoms with van der Waals surface area (Å²) >= 11 is 0. The Hall–Kier alpha value is -0.0800. The number of hydrogen-bond acceptors (Lipinski definition) is 2. The Morgan fingerprint density at radius 3 is 2.50 bits per heavy atom. The summed E-state index contributed by atoms with van der Waals surface area (Å²) in [6, 6.07) is 0. The van der Waals surface area contributed by atoms with Crippen molar-refractivity contribution < 1.29 is 9.47 Å². The lowest BCUT2D eigenvalue weighted by atomic mass is 9.80. The topological polar surface area (TPSA) is 18.5 Å². The van der Waals surface area contributed by atoms with E-state index in [0.29, 0.717) is 5.92 Å². The molecule has 2 unspecified atom stereocenters. The van der Waals surface area contributed by atoms with Crippen molar-refractivity contribution in [2.75, 3.05) is 13.7 Å². The molecule has 0 bridgehead atoms. The van der Waals surface area contributed by atoms with Gasteiger partial charge in [0.15, 0.2) is 0 Å². The second-order valence-corrected chi connectivity index (χ2v) is 5.48. The molecule has 0 amide bonds. The average molecular weight is 200 g/mol. The molecule has 1 rings (SSSR count). The van der Waals surface area contributed by atoms with E-state index < -0.39 is 0 Å². The van der Waals surface area contributed by atoms with Crippen molar-refractivity contribution in [1.29, 1.82) is 0 Å². The van der Waals surface area contributed by atoms with Gasteiger partial charge in [0.2, 0.25) is 0 Å². The fraction of sp³-hybridized carbons (Fsp3) is 1.00. The molecular weight excluding hydrogens is 176 g/mol. The zero-order valence-corrected chi connectivity index (χ0v) is 10.2. The van der Waals surface area contributed by atoms with Crippen molar-refractivity contribution in [3.63, 3.8) is 0 Å². The van der Waals surface area contributed by atoms with Gasteiger partial charge < -0.3 is 9.47 Å².